The zero-order valence-electron chi connectivity index (χ0n) is 10.7. The molecule has 1 aromatic carbocycles. The van der Waals surface area contributed by atoms with Gasteiger partial charge in [0.1, 0.15) is 5.82 Å². The van der Waals surface area contributed by atoms with E-state index in [9.17, 15) is 4.39 Å². The van der Waals surface area contributed by atoms with E-state index in [4.69, 9.17) is 22.2 Å². The van der Waals surface area contributed by atoms with Gasteiger partial charge in [-0.3, -0.25) is 11.3 Å². The summed E-state index contributed by atoms with van der Waals surface area (Å²) in [6.07, 6.45) is 1.66. The Morgan fingerprint density at radius 1 is 1.44 bits per heavy atom. The van der Waals surface area contributed by atoms with Crippen molar-refractivity contribution in [1.29, 1.82) is 0 Å². The van der Waals surface area contributed by atoms with Gasteiger partial charge in [-0.25, -0.2) is 4.39 Å². The third-order valence-corrected chi connectivity index (χ3v) is 3.14. The highest BCUT2D eigenvalue weighted by Gasteiger charge is 2.24. The van der Waals surface area contributed by atoms with Gasteiger partial charge in [-0.05, 0) is 37.1 Å². The maximum Gasteiger partial charge on any atom is 0.123 e. The molecule has 0 saturated heterocycles. The van der Waals surface area contributed by atoms with Crippen LogP contribution in [0.4, 0.5) is 4.39 Å². The summed E-state index contributed by atoms with van der Waals surface area (Å²) in [5.41, 5.74) is 3.31. The van der Waals surface area contributed by atoms with Crippen LogP contribution in [0.5, 0.6) is 0 Å². The van der Waals surface area contributed by atoms with Crippen LogP contribution in [-0.2, 0) is 4.74 Å². The predicted molar refractivity (Wildman–Crippen MR) is 71.8 cm³/mol. The fourth-order valence-corrected chi connectivity index (χ4v) is 2.23. The van der Waals surface area contributed by atoms with Gasteiger partial charge in [0, 0.05) is 11.6 Å². The van der Waals surface area contributed by atoms with Crippen molar-refractivity contribution in [3.8, 4) is 0 Å². The maximum absolute atomic E-state index is 13.3. The molecule has 0 spiro atoms. The second kappa shape index (κ2) is 7.69. The number of rotatable bonds is 7. The van der Waals surface area contributed by atoms with E-state index in [0.717, 1.165) is 12.8 Å². The highest BCUT2D eigenvalue weighted by Crippen LogP contribution is 2.28. The average molecular weight is 275 g/mol. The molecular weight excluding hydrogens is 255 g/mol. The van der Waals surface area contributed by atoms with Crippen molar-refractivity contribution in [1.82, 2.24) is 5.43 Å². The Morgan fingerprint density at radius 2 is 2.17 bits per heavy atom. The van der Waals surface area contributed by atoms with Crippen molar-refractivity contribution in [3.63, 3.8) is 0 Å². The predicted octanol–water partition coefficient (Wildman–Crippen LogP) is 3.19. The number of hydrazine groups is 1. The quantitative estimate of drug-likeness (QED) is 0.593. The first-order valence-electron chi connectivity index (χ1n) is 6.16. The smallest absolute Gasteiger partial charge is 0.123 e. The largest absolute Gasteiger partial charge is 0.376 e. The highest BCUT2D eigenvalue weighted by atomic mass is 35.5. The van der Waals surface area contributed by atoms with Crippen LogP contribution in [0, 0.1) is 5.82 Å². The first-order valence-corrected chi connectivity index (χ1v) is 6.54. The van der Waals surface area contributed by atoms with Crippen molar-refractivity contribution in [2.45, 2.75) is 38.8 Å². The SMILES string of the molecule is CCCC(OCC)C(NN)c1cc(F)ccc1Cl. The van der Waals surface area contributed by atoms with Gasteiger partial charge in [0.25, 0.3) is 0 Å². The van der Waals surface area contributed by atoms with Crippen LogP contribution < -0.4 is 11.3 Å². The van der Waals surface area contributed by atoms with Gasteiger partial charge in [0.05, 0.1) is 12.1 Å². The van der Waals surface area contributed by atoms with Crippen molar-refractivity contribution >= 4 is 11.6 Å². The molecule has 0 bridgehead atoms. The summed E-state index contributed by atoms with van der Waals surface area (Å²) in [7, 11) is 0. The van der Waals surface area contributed by atoms with E-state index in [-0.39, 0.29) is 18.0 Å². The Morgan fingerprint density at radius 3 is 2.72 bits per heavy atom. The van der Waals surface area contributed by atoms with Crippen LogP contribution in [0.3, 0.4) is 0 Å². The number of hydrogen-bond donors (Lipinski definition) is 2. The van der Waals surface area contributed by atoms with Crippen LogP contribution in [0.2, 0.25) is 5.02 Å². The summed E-state index contributed by atoms with van der Waals surface area (Å²) < 4.78 is 19.0. The summed E-state index contributed by atoms with van der Waals surface area (Å²) in [4.78, 5) is 0. The fourth-order valence-electron chi connectivity index (χ4n) is 2.00. The fraction of sp³-hybridized carbons (Fsp3) is 0.538. The van der Waals surface area contributed by atoms with E-state index < -0.39 is 0 Å². The van der Waals surface area contributed by atoms with Crippen LogP contribution in [0.25, 0.3) is 0 Å². The maximum atomic E-state index is 13.3. The van der Waals surface area contributed by atoms with Gasteiger partial charge in [-0.15, -0.1) is 0 Å². The first kappa shape index (κ1) is 15.4. The molecule has 1 rings (SSSR count). The van der Waals surface area contributed by atoms with E-state index >= 15 is 0 Å². The average Bonchev–Trinajstić information content (AvgIpc) is 2.35. The van der Waals surface area contributed by atoms with Gasteiger partial charge < -0.3 is 4.74 Å². The lowest BCUT2D eigenvalue weighted by molar-refractivity contribution is 0.0275. The molecule has 0 heterocycles. The van der Waals surface area contributed by atoms with Crippen LogP contribution >= 0.6 is 11.6 Å². The van der Waals surface area contributed by atoms with Gasteiger partial charge >= 0.3 is 0 Å². The molecular formula is C13H20ClFN2O. The van der Waals surface area contributed by atoms with Crippen molar-refractivity contribution in [2.75, 3.05) is 6.61 Å². The Balaban J connectivity index is 3.01. The highest BCUT2D eigenvalue weighted by molar-refractivity contribution is 6.31. The zero-order valence-corrected chi connectivity index (χ0v) is 11.5. The summed E-state index contributed by atoms with van der Waals surface area (Å²) in [5.74, 6) is 5.24. The number of ether oxygens (including phenoxy) is 1. The number of nitrogens with two attached hydrogens (primary N) is 1. The molecule has 1 aromatic rings. The normalized spacial score (nSPS) is 14.5. The van der Waals surface area contributed by atoms with E-state index in [1.54, 1.807) is 0 Å². The minimum atomic E-state index is -0.332. The molecule has 0 amide bonds. The van der Waals surface area contributed by atoms with Gasteiger partial charge in [-0.1, -0.05) is 24.9 Å². The molecule has 0 radical (unpaired) electrons. The summed E-state index contributed by atoms with van der Waals surface area (Å²) in [5, 5.41) is 0.486. The summed E-state index contributed by atoms with van der Waals surface area (Å²) in [6.45, 7) is 4.56. The minimum Gasteiger partial charge on any atom is -0.376 e. The molecule has 0 aromatic heterocycles. The Bertz CT molecular complexity index is 370. The molecule has 18 heavy (non-hydrogen) atoms. The van der Waals surface area contributed by atoms with E-state index in [1.807, 2.05) is 6.92 Å². The molecule has 2 atom stereocenters. The minimum absolute atomic E-state index is 0.121. The van der Waals surface area contributed by atoms with E-state index in [0.29, 0.717) is 17.2 Å². The zero-order chi connectivity index (χ0) is 13.5. The molecule has 0 aliphatic carbocycles. The molecule has 3 N–H and O–H groups in total. The number of hydrogen-bond acceptors (Lipinski definition) is 3. The van der Waals surface area contributed by atoms with Crippen molar-refractivity contribution in [3.05, 3.63) is 34.6 Å². The second-order valence-corrected chi connectivity index (χ2v) is 4.50. The summed E-state index contributed by atoms with van der Waals surface area (Å²) in [6, 6.07) is 3.95. The van der Waals surface area contributed by atoms with Gasteiger partial charge in [-0.2, -0.15) is 0 Å². The van der Waals surface area contributed by atoms with Crippen LogP contribution in [-0.4, -0.2) is 12.7 Å². The molecule has 0 aliphatic heterocycles. The van der Waals surface area contributed by atoms with Gasteiger partial charge in [0.15, 0.2) is 0 Å². The third kappa shape index (κ3) is 3.92. The lowest BCUT2D eigenvalue weighted by Crippen LogP contribution is -2.38. The van der Waals surface area contributed by atoms with Crippen LogP contribution in [0.15, 0.2) is 18.2 Å². The molecule has 102 valence electrons. The molecule has 5 heteroatoms. The van der Waals surface area contributed by atoms with E-state index in [1.165, 1.54) is 18.2 Å². The lowest BCUT2D eigenvalue weighted by Gasteiger charge is -2.27. The molecule has 0 fully saturated rings. The number of nitrogens with one attached hydrogen (secondary N) is 1. The number of halogens is 2. The van der Waals surface area contributed by atoms with Crippen LogP contribution in [0.1, 0.15) is 38.3 Å². The molecule has 0 aliphatic rings. The monoisotopic (exact) mass is 274 g/mol. The van der Waals surface area contributed by atoms with Gasteiger partial charge in [0.2, 0.25) is 0 Å². The molecule has 3 nitrogen and oxygen atoms in total. The molecule has 0 saturated carbocycles. The standard InChI is InChI=1S/C13H20ClFN2O/c1-3-5-12(18-4-2)13(17-16)10-8-9(15)6-7-11(10)14/h6-8,12-13,17H,3-5,16H2,1-2H3. The van der Waals surface area contributed by atoms with Crippen molar-refractivity contribution in [2.24, 2.45) is 5.84 Å². The Kier molecular flexibility index (Phi) is 6.57. The Hall–Kier alpha value is -0.680. The summed E-state index contributed by atoms with van der Waals surface area (Å²) >= 11 is 6.10. The number of benzene rings is 1. The first-order chi connectivity index (χ1) is 8.63. The Labute approximate surface area is 112 Å². The van der Waals surface area contributed by atoms with Crippen molar-refractivity contribution < 1.29 is 9.13 Å². The molecule has 2 unspecified atom stereocenters. The van der Waals surface area contributed by atoms with E-state index in [2.05, 4.69) is 12.3 Å². The lowest BCUT2D eigenvalue weighted by atomic mass is 9.98. The third-order valence-electron chi connectivity index (χ3n) is 2.80. The topological polar surface area (TPSA) is 47.3 Å². The second-order valence-electron chi connectivity index (χ2n) is 4.09.